The summed E-state index contributed by atoms with van der Waals surface area (Å²) >= 11 is 0. The van der Waals surface area contributed by atoms with Gasteiger partial charge in [-0.2, -0.15) is 5.11 Å². The second-order valence-electron chi connectivity index (χ2n) is 6.42. The van der Waals surface area contributed by atoms with Crippen molar-refractivity contribution in [3.8, 4) is 5.75 Å². The van der Waals surface area contributed by atoms with Crippen LogP contribution in [0.3, 0.4) is 0 Å². The van der Waals surface area contributed by atoms with Gasteiger partial charge in [-0.1, -0.05) is 60.3 Å². The molecule has 1 radical (unpaired) electrons. The Kier molecular flexibility index (Phi) is 6.10. The van der Waals surface area contributed by atoms with Gasteiger partial charge in [-0.3, -0.25) is 0 Å². The molecular weight excluding hydrogens is 463 g/mol. The molecule has 0 aliphatic carbocycles. The van der Waals surface area contributed by atoms with Crippen molar-refractivity contribution in [2.45, 2.75) is 4.90 Å². The largest absolute Gasteiger partial charge is 2.00 e. The Hall–Kier alpha value is -3.30. The molecule has 1 N–H and O–H groups in total. The summed E-state index contributed by atoms with van der Waals surface area (Å²) in [5, 5.41) is 31.2. The van der Waals surface area contributed by atoms with E-state index in [-0.39, 0.29) is 33.8 Å². The maximum absolute atomic E-state index is 12.6. The summed E-state index contributed by atoms with van der Waals surface area (Å²) in [4.78, 5) is 10.9. The number of hydrogen-bond acceptors (Lipinski definition) is 7. The van der Waals surface area contributed by atoms with Gasteiger partial charge in [0, 0.05) is 10.8 Å². The minimum absolute atomic E-state index is 0. The summed E-state index contributed by atoms with van der Waals surface area (Å²) in [5.74, 6) is -2.28. The molecule has 0 fully saturated rings. The maximum atomic E-state index is 12.6. The van der Waals surface area contributed by atoms with Crippen LogP contribution >= 0.6 is 0 Å². The molecule has 0 amide bonds. The fraction of sp³-hybridized carbons (Fsp3) is 0. The molecule has 4 rings (SSSR count). The summed E-state index contributed by atoms with van der Waals surface area (Å²) in [7, 11) is -4.91. The van der Waals surface area contributed by atoms with E-state index in [9.17, 15) is 28.0 Å². The molecule has 31 heavy (non-hydrogen) atoms. The van der Waals surface area contributed by atoms with Gasteiger partial charge in [0.15, 0.2) is 0 Å². The van der Waals surface area contributed by atoms with Crippen molar-refractivity contribution in [3.05, 3.63) is 72.3 Å². The van der Waals surface area contributed by atoms with E-state index >= 15 is 0 Å². The second kappa shape index (κ2) is 8.44. The van der Waals surface area contributed by atoms with Crippen molar-refractivity contribution < 1.29 is 45.0 Å². The Morgan fingerprint density at radius 1 is 0.871 bits per heavy atom. The molecule has 4 aromatic carbocycles. The van der Waals surface area contributed by atoms with Gasteiger partial charge in [-0.25, -0.2) is 13.2 Å². The van der Waals surface area contributed by atoms with Crippen molar-refractivity contribution in [1.29, 1.82) is 0 Å². The van der Waals surface area contributed by atoms with Crippen LogP contribution in [-0.4, -0.2) is 24.0 Å². The first-order chi connectivity index (χ1) is 14.3. The average molecular weight is 475 g/mol. The minimum Gasteiger partial charge on any atom is -0.870 e. The summed E-state index contributed by atoms with van der Waals surface area (Å²) in [6.07, 6.45) is 0. The molecule has 8 nitrogen and oxygen atoms in total. The third-order valence-electron chi connectivity index (χ3n) is 4.57. The van der Waals surface area contributed by atoms with Gasteiger partial charge in [-0.15, -0.1) is 5.11 Å². The van der Waals surface area contributed by atoms with E-state index in [4.69, 9.17) is 0 Å². The van der Waals surface area contributed by atoms with Crippen LogP contribution in [0.5, 0.6) is 5.75 Å². The van der Waals surface area contributed by atoms with E-state index in [2.05, 4.69) is 10.2 Å². The van der Waals surface area contributed by atoms with Crippen molar-refractivity contribution in [3.63, 3.8) is 0 Å². The van der Waals surface area contributed by atoms with Gasteiger partial charge < -0.3 is 14.8 Å². The summed E-state index contributed by atoms with van der Waals surface area (Å²) in [5.41, 5.74) is -0.987. The fourth-order valence-corrected chi connectivity index (χ4v) is 4.06. The zero-order valence-corrected chi connectivity index (χ0v) is 17.5. The molecule has 155 valence electrons. The minimum atomic E-state index is -4.91. The monoisotopic (exact) mass is 475 g/mol. The summed E-state index contributed by atoms with van der Waals surface area (Å²) in [6, 6.07) is 17.0. The molecule has 0 heterocycles. The number of azo groups is 1. The molecule has 0 saturated heterocycles. The summed E-state index contributed by atoms with van der Waals surface area (Å²) in [6.45, 7) is 0. The Balaban J connectivity index is 0.00000272. The molecule has 0 aromatic heterocycles. The van der Waals surface area contributed by atoms with E-state index in [1.54, 1.807) is 48.5 Å². The van der Waals surface area contributed by atoms with Crippen LogP contribution in [0.15, 0.2) is 81.9 Å². The average Bonchev–Trinajstić information content (AvgIpc) is 2.71. The number of carboxylic acids is 1. The van der Waals surface area contributed by atoms with Gasteiger partial charge >= 0.3 is 23.0 Å². The molecule has 0 unspecified atom stereocenters. The standard InChI is InChI=1S/C21H14N2O6S.Mn/c24-19-16(21(25)26)11-13-6-2-3-7-14(13)18(19)23-22-17-10-9-12-5-1-4-8-15(12)20(17)30(27,28)29;/h1-11,24H,(H,25,26)(H,27,28,29);/q;+2/p-2. The topological polar surface area (TPSA) is 142 Å². The SMILES string of the molecule is O=C(O)c1cc2ccccc2c(N=Nc2ccc3ccccc3c2S(=O)(=O)[O-])c1[O-].[Mn+2]. The second-order valence-corrected chi connectivity index (χ2v) is 7.73. The van der Waals surface area contributed by atoms with E-state index in [0.717, 1.165) is 0 Å². The first-order valence-electron chi connectivity index (χ1n) is 8.63. The number of fused-ring (bicyclic) bond motifs is 2. The molecule has 0 bridgehead atoms. The van der Waals surface area contributed by atoms with Crippen molar-refractivity contribution >= 4 is 49.0 Å². The Morgan fingerprint density at radius 2 is 1.48 bits per heavy atom. The molecule has 4 aromatic rings. The number of benzene rings is 4. The smallest absolute Gasteiger partial charge is 0.870 e. The zero-order valence-electron chi connectivity index (χ0n) is 15.5. The Morgan fingerprint density at radius 3 is 2.13 bits per heavy atom. The molecule has 0 spiro atoms. The quantitative estimate of drug-likeness (QED) is 0.268. The van der Waals surface area contributed by atoms with E-state index in [0.29, 0.717) is 16.2 Å². The molecule has 10 heteroatoms. The third-order valence-corrected chi connectivity index (χ3v) is 5.50. The van der Waals surface area contributed by atoms with Crippen LogP contribution < -0.4 is 5.11 Å². The van der Waals surface area contributed by atoms with Crippen LogP contribution in [0.4, 0.5) is 11.4 Å². The molecule has 0 saturated carbocycles. The van der Waals surface area contributed by atoms with Crippen LogP contribution in [0.1, 0.15) is 10.4 Å². The van der Waals surface area contributed by atoms with Gasteiger partial charge in [0.05, 0.1) is 16.1 Å². The van der Waals surface area contributed by atoms with E-state index in [1.165, 1.54) is 18.2 Å². The van der Waals surface area contributed by atoms with Crippen LogP contribution in [0.25, 0.3) is 21.5 Å². The van der Waals surface area contributed by atoms with Gasteiger partial charge in [0.25, 0.3) is 0 Å². The number of carbonyl (C=O) groups is 1. The third kappa shape index (κ3) is 4.14. The first kappa shape index (κ1) is 22.4. The zero-order chi connectivity index (χ0) is 21.5. The van der Waals surface area contributed by atoms with Gasteiger partial charge in [-0.05, 0) is 22.9 Å². The number of rotatable bonds is 4. The predicted octanol–water partition coefficient (Wildman–Crippen LogP) is 4.08. The van der Waals surface area contributed by atoms with Crippen LogP contribution in [0.2, 0.25) is 0 Å². The number of carboxylic acid groups (broad SMARTS) is 1. The van der Waals surface area contributed by atoms with Crippen LogP contribution in [-0.2, 0) is 27.2 Å². The van der Waals surface area contributed by atoms with E-state index in [1.807, 2.05) is 0 Å². The van der Waals surface area contributed by atoms with Crippen LogP contribution in [0, 0.1) is 0 Å². The van der Waals surface area contributed by atoms with Crippen molar-refractivity contribution in [2.24, 2.45) is 10.2 Å². The normalized spacial score (nSPS) is 11.6. The Labute approximate surface area is 187 Å². The van der Waals surface area contributed by atoms with Gasteiger partial charge in [0.1, 0.15) is 15.8 Å². The maximum Gasteiger partial charge on any atom is 2.00 e. The molecule has 0 atom stereocenters. The summed E-state index contributed by atoms with van der Waals surface area (Å²) < 4.78 is 35.7. The fourth-order valence-electron chi connectivity index (χ4n) is 3.24. The van der Waals surface area contributed by atoms with Gasteiger partial charge in [0.2, 0.25) is 0 Å². The first-order valence-corrected chi connectivity index (χ1v) is 10.0. The number of nitrogens with zero attached hydrogens (tertiary/aromatic N) is 2. The Bertz CT molecular complexity index is 1470. The van der Waals surface area contributed by atoms with Crippen molar-refractivity contribution in [1.82, 2.24) is 0 Å². The van der Waals surface area contributed by atoms with Crippen molar-refractivity contribution in [2.75, 3.05) is 0 Å². The molecule has 0 aliphatic rings. The number of aromatic carboxylic acids is 1. The predicted molar refractivity (Wildman–Crippen MR) is 106 cm³/mol. The molecular formula is C21H12MnN2O6S. The van der Waals surface area contributed by atoms with E-state index < -0.39 is 32.3 Å². The number of hydrogen-bond donors (Lipinski definition) is 1. The molecule has 0 aliphatic heterocycles.